The van der Waals surface area contributed by atoms with E-state index in [2.05, 4.69) is 11.2 Å². The number of urea groups is 1. The highest BCUT2D eigenvalue weighted by molar-refractivity contribution is 5.92. The van der Waals surface area contributed by atoms with Gasteiger partial charge >= 0.3 is 6.03 Å². The van der Waals surface area contributed by atoms with Gasteiger partial charge in [-0.15, -0.1) is 6.42 Å². The van der Waals surface area contributed by atoms with E-state index in [9.17, 15) is 24.6 Å². The molecule has 39 heavy (non-hydrogen) atoms. The predicted molar refractivity (Wildman–Crippen MR) is 144 cm³/mol. The number of phenolic OH excluding ortho intramolecular Hbond substituents is 2. The molecule has 2 aliphatic rings. The zero-order valence-corrected chi connectivity index (χ0v) is 21.4. The first-order valence-electron chi connectivity index (χ1n) is 12.6. The second kappa shape index (κ2) is 10.6. The Hall–Kier alpha value is -4.75. The Labute approximate surface area is 226 Å². The van der Waals surface area contributed by atoms with Crippen molar-refractivity contribution < 1.29 is 24.6 Å². The second-order valence-electron chi connectivity index (χ2n) is 9.60. The zero-order valence-electron chi connectivity index (χ0n) is 21.4. The maximum Gasteiger partial charge on any atom is 0.332 e. The summed E-state index contributed by atoms with van der Waals surface area (Å²) in [7, 11) is 1.48. The van der Waals surface area contributed by atoms with Crippen LogP contribution in [0.25, 0.3) is 10.8 Å². The number of nitrogens with one attached hydrogen (secondary N) is 1. The van der Waals surface area contributed by atoms with E-state index < -0.39 is 18.2 Å². The van der Waals surface area contributed by atoms with Crippen molar-refractivity contribution in [2.75, 3.05) is 26.7 Å². The number of phenols is 2. The maximum absolute atomic E-state index is 14.0. The Morgan fingerprint density at radius 2 is 1.87 bits per heavy atom. The third-order valence-corrected chi connectivity index (χ3v) is 7.28. The van der Waals surface area contributed by atoms with Crippen LogP contribution in [-0.4, -0.2) is 86.8 Å². The number of hydrogen-bond donors (Lipinski definition) is 3. The van der Waals surface area contributed by atoms with Crippen LogP contribution in [0.4, 0.5) is 4.79 Å². The van der Waals surface area contributed by atoms with Crippen molar-refractivity contribution in [1.29, 1.82) is 0 Å². The second-order valence-corrected chi connectivity index (χ2v) is 9.60. The van der Waals surface area contributed by atoms with Crippen molar-refractivity contribution >= 4 is 28.6 Å². The van der Waals surface area contributed by atoms with Crippen molar-refractivity contribution in [3.05, 3.63) is 71.8 Å². The van der Waals surface area contributed by atoms with Gasteiger partial charge in [-0.2, -0.15) is 5.01 Å². The highest BCUT2D eigenvalue weighted by Gasteiger charge is 2.52. The fourth-order valence-electron chi connectivity index (χ4n) is 5.44. The summed E-state index contributed by atoms with van der Waals surface area (Å²) in [6.45, 7) is 0.305. The highest BCUT2D eigenvalue weighted by atomic mass is 16.3. The molecule has 0 aliphatic carbocycles. The first-order chi connectivity index (χ1) is 18.8. The molecule has 0 bridgehead atoms. The summed E-state index contributed by atoms with van der Waals surface area (Å²) in [4.78, 5) is 43.3. The Balaban J connectivity index is 1.54. The maximum atomic E-state index is 14.0. The molecule has 200 valence electrons. The van der Waals surface area contributed by atoms with E-state index in [1.54, 1.807) is 16.0 Å². The first-order valence-corrected chi connectivity index (χ1v) is 12.6. The molecule has 3 N–H and O–H groups in total. The summed E-state index contributed by atoms with van der Waals surface area (Å²) in [6, 6.07) is 16.8. The Morgan fingerprint density at radius 1 is 1.10 bits per heavy atom. The molecule has 0 unspecified atom stereocenters. The molecule has 5 rings (SSSR count). The van der Waals surface area contributed by atoms with Gasteiger partial charge in [0.2, 0.25) is 11.8 Å². The molecule has 10 heteroatoms. The van der Waals surface area contributed by atoms with Crippen LogP contribution in [0.3, 0.4) is 0 Å². The molecule has 3 aromatic carbocycles. The van der Waals surface area contributed by atoms with E-state index in [1.807, 2.05) is 42.5 Å². The predicted octanol–water partition coefficient (Wildman–Crippen LogP) is 1.86. The highest BCUT2D eigenvalue weighted by Crippen LogP contribution is 2.32. The van der Waals surface area contributed by atoms with Gasteiger partial charge in [-0.25, -0.2) is 9.80 Å². The summed E-state index contributed by atoms with van der Waals surface area (Å²) >= 11 is 0. The van der Waals surface area contributed by atoms with Gasteiger partial charge in [0.05, 0.1) is 19.6 Å². The minimum absolute atomic E-state index is 0.0505. The quantitative estimate of drug-likeness (QED) is 0.333. The van der Waals surface area contributed by atoms with Gasteiger partial charge in [0.25, 0.3) is 0 Å². The van der Waals surface area contributed by atoms with Crippen molar-refractivity contribution in [1.82, 2.24) is 25.1 Å². The lowest BCUT2D eigenvalue weighted by Gasteiger charge is -2.46. The van der Waals surface area contributed by atoms with Crippen LogP contribution in [-0.2, 0) is 22.6 Å². The fourth-order valence-corrected chi connectivity index (χ4v) is 5.44. The number of rotatable bonds is 6. The number of amides is 4. The Kier molecular flexibility index (Phi) is 7.00. The summed E-state index contributed by atoms with van der Waals surface area (Å²) < 4.78 is 0. The number of carbonyl (C=O) groups excluding carboxylic acids is 3. The van der Waals surface area contributed by atoms with E-state index >= 15 is 0 Å². The largest absolute Gasteiger partial charge is 0.504 e. The number of hydrazine groups is 1. The van der Waals surface area contributed by atoms with Gasteiger partial charge in [0.15, 0.2) is 11.5 Å². The van der Waals surface area contributed by atoms with Gasteiger partial charge in [0, 0.05) is 20.0 Å². The molecule has 2 heterocycles. The molecular formula is C29H29N5O5. The third-order valence-electron chi connectivity index (χ3n) is 7.28. The normalized spacial score (nSPS) is 19.2. The molecule has 4 amide bonds. The number of aromatic hydroxyl groups is 2. The number of carbonyl (C=O) groups is 3. The monoisotopic (exact) mass is 527 g/mol. The summed E-state index contributed by atoms with van der Waals surface area (Å²) in [5.41, 5.74) is 1.53. The molecule has 0 radical (unpaired) electrons. The number of piperazine rings is 1. The summed E-state index contributed by atoms with van der Waals surface area (Å²) in [6.07, 6.45) is 5.03. The van der Waals surface area contributed by atoms with Gasteiger partial charge in [-0.3, -0.25) is 9.59 Å². The third kappa shape index (κ3) is 4.80. The molecule has 0 aromatic heterocycles. The molecule has 10 nitrogen and oxygen atoms in total. The molecule has 2 saturated heterocycles. The lowest BCUT2D eigenvalue weighted by molar-refractivity contribution is -0.157. The van der Waals surface area contributed by atoms with E-state index in [0.717, 1.165) is 16.3 Å². The lowest BCUT2D eigenvalue weighted by Crippen LogP contribution is -2.65. The van der Waals surface area contributed by atoms with Gasteiger partial charge < -0.3 is 25.3 Å². The van der Waals surface area contributed by atoms with Crippen LogP contribution in [0.1, 0.15) is 11.1 Å². The van der Waals surface area contributed by atoms with Crippen molar-refractivity contribution in [3.8, 4) is 23.8 Å². The van der Waals surface area contributed by atoms with E-state index in [1.165, 1.54) is 29.1 Å². The topological polar surface area (TPSA) is 117 Å². The van der Waals surface area contributed by atoms with Gasteiger partial charge in [0.1, 0.15) is 12.2 Å². The standard InChI is InChI=1S/C29H29N5O5/c1-3-13-32(29(39)30-2)33-18-27(37)34-23(14-19-11-12-24(35)25(36)15-19)28(38)31(17-26(33)34)16-21-9-6-8-20-7-4-5-10-22(20)21/h1,4-12,15,23,26,35-36H,13-14,16-18H2,2H3,(H,30,39)/t23-,26+/m0/s1. The van der Waals surface area contributed by atoms with Crippen LogP contribution in [0.2, 0.25) is 0 Å². The molecule has 2 fully saturated rings. The van der Waals surface area contributed by atoms with Crippen molar-refractivity contribution in [2.45, 2.75) is 25.2 Å². The Morgan fingerprint density at radius 3 is 2.62 bits per heavy atom. The number of nitrogens with zero attached hydrogens (tertiary/aromatic N) is 4. The summed E-state index contributed by atoms with van der Waals surface area (Å²) in [5.74, 6) is 1.34. The number of benzene rings is 3. The van der Waals surface area contributed by atoms with E-state index in [-0.39, 0.29) is 49.4 Å². The van der Waals surface area contributed by atoms with Crippen LogP contribution < -0.4 is 5.32 Å². The average Bonchev–Trinajstić information content (AvgIpc) is 3.26. The number of terminal acetylenes is 1. The van der Waals surface area contributed by atoms with Crippen LogP contribution in [0.15, 0.2) is 60.7 Å². The van der Waals surface area contributed by atoms with Crippen molar-refractivity contribution in [2.24, 2.45) is 0 Å². The molecular weight excluding hydrogens is 498 g/mol. The van der Waals surface area contributed by atoms with E-state index in [4.69, 9.17) is 6.42 Å². The van der Waals surface area contributed by atoms with Crippen LogP contribution in [0, 0.1) is 12.3 Å². The van der Waals surface area contributed by atoms with E-state index in [0.29, 0.717) is 12.1 Å². The fraction of sp³-hybridized carbons (Fsp3) is 0.276. The molecule has 2 atom stereocenters. The number of fused-ring (bicyclic) bond motifs is 2. The first kappa shape index (κ1) is 25.9. The lowest BCUT2D eigenvalue weighted by atomic mass is 9.98. The Bertz CT molecular complexity index is 1480. The molecule has 0 spiro atoms. The van der Waals surface area contributed by atoms with Crippen molar-refractivity contribution in [3.63, 3.8) is 0 Å². The molecule has 0 saturated carbocycles. The minimum Gasteiger partial charge on any atom is -0.504 e. The SMILES string of the molecule is C#CCN(C(=O)NC)N1CC(=O)N2[C@@H](Cc3ccc(O)c(O)c3)C(=O)N(Cc3cccc4ccccc34)C[C@@H]21. The van der Waals surface area contributed by atoms with Crippen LogP contribution >= 0.6 is 0 Å². The van der Waals surface area contributed by atoms with Gasteiger partial charge in [-0.1, -0.05) is 54.5 Å². The molecule has 3 aromatic rings. The average molecular weight is 528 g/mol. The van der Waals surface area contributed by atoms with Crippen LogP contribution in [0.5, 0.6) is 11.5 Å². The van der Waals surface area contributed by atoms with Gasteiger partial charge in [-0.05, 0) is 34.0 Å². The zero-order chi connectivity index (χ0) is 27.7. The molecule has 2 aliphatic heterocycles. The summed E-state index contributed by atoms with van der Waals surface area (Å²) in [5, 5.41) is 27.4. The smallest absolute Gasteiger partial charge is 0.332 e. The minimum atomic E-state index is -0.891. The number of hydrogen-bond acceptors (Lipinski definition) is 6.